The van der Waals surface area contributed by atoms with Crippen LogP contribution in [0.5, 0.6) is 0 Å². The third kappa shape index (κ3) is 7.22. The molecule has 136 valence electrons. The summed E-state index contributed by atoms with van der Waals surface area (Å²) in [5.74, 6) is 1.12. The molecular weight excluding hydrogens is 314 g/mol. The first-order valence-corrected chi connectivity index (χ1v) is 8.60. The number of nitrogens with one attached hydrogen (secondary N) is 3. The maximum Gasteiger partial charge on any atom is 0.258 e. The fourth-order valence-electron chi connectivity index (χ4n) is 2.19. The van der Waals surface area contributed by atoms with Gasteiger partial charge in [0.2, 0.25) is 0 Å². The highest BCUT2D eigenvalue weighted by molar-refractivity contribution is 5.61. The molecule has 0 aliphatic rings. The van der Waals surface area contributed by atoms with E-state index in [0.29, 0.717) is 17.2 Å². The van der Waals surface area contributed by atoms with Gasteiger partial charge >= 0.3 is 0 Å². The number of aromatic amines is 1. The van der Waals surface area contributed by atoms with Crippen molar-refractivity contribution in [3.8, 4) is 11.1 Å². The molecule has 0 bridgehead atoms. The van der Waals surface area contributed by atoms with Crippen molar-refractivity contribution < 1.29 is 0 Å². The summed E-state index contributed by atoms with van der Waals surface area (Å²) >= 11 is 0. The molecular formula is C19H29N5O. The van der Waals surface area contributed by atoms with Crippen LogP contribution in [0.15, 0.2) is 47.7 Å². The molecule has 1 aromatic carbocycles. The van der Waals surface area contributed by atoms with E-state index in [4.69, 9.17) is 5.73 Å². The first kappa shape index (κ1) is 20.4. The number of H-pyrrole nitrogens is 1. The van der Waals surface area contributed by atoms with Crippen LogP contribution in [0, 0.1) is 6.92 Å². The van der Waals surface area contributed by atoms with Gasteiger partial charge in [-0.2, -0.15) is 0 Å². The van der Waals surface area contributed by atoms with E-state index >= 15 is 0 Å². The van der Waals surface area contributed by atoms with Crippen LogP contribution in [0.2, 0.25) is 0 Å². The van der Waals surface area contributed by atoms with Crippen LogP contribution in [0.3, 0.4) is 0 Å². The number of aromatic nitrogens is 2. The second-order valence-electron chi connectivity index (χ2n) is 5.39. The Morgan fingerprint density at radius 2 is 1.92 bits per heavy atom. The molecule has 5 N–H and O–H groups in total. The molecule has 0 atom stereocenters. The van der Waals surface area contributed by atoms with Gasteiger partial charge in [-0.1, -0.05) is 44.7 Å². The van der Waals surface area contributed by atoms with Gasteiger partial charge in [-0.05, 0) is 31.0 Å². The highest BCUT2D eigenvalue weighted by Gasteiger charge is 2.04. The van der Waals surface area contributed by atoms with E-state index in [0.717, 1.165) is 31.6 Å². The van der Waals surface area contributed by atoms with Crippen LogP contribution in [-0.4, -0.2) is 23.1 Å². The highest BCUT2D eigenvalue weighted by atomic mass is 16.1. The maximum atomic E-state index is 11.9. The number of benzene rings is 1. The van der Waals surface area contributed by atoms with Crippen LogP contribution in [-0.2, 0) is 6.54 Å². The van der Waals surface area contributed by atoms with Crippen molar-refractivity contribution in [1.82, 2.24) is 20.6 Å². The quantitative estimate of drug-likeness (QED) is 0.552. The molecule has 0 aliphatic carbocycles. The molecule has 0 amide bonds. The van der Waals surface area contributed by atoms with Gasteiger partial charge in [-0.15, -0.1) is 0 Å². The topological polar surface area (TPSA) is 95.8 Å². The average Bonchev–Trinajstić information content (AvgIpc) is 2.60. The van der Waals surface area contributed by atoms with Crippen molar-refractivity contribution in [2.75, 3.05) is 13.1 Å². The molecule has 2 aromatic rings. The van der Waals surface area contributed by atoms with Crippen LogP contribution in [0.4, 0.5) is 0 Å². The van der Waals surface area contributed by atoms with Gasteiger partial charge in [0.15, 0.2) is 0 Å². The normalized spacial score (nSPS) is 9.88. The Hall–Kier alpha value is -2.60. The van der Waals surface area contributed by atoms with Crippen molar-refractivity contribution in [3.63, 3.8) is 0 Å². The second kappa shape index (κ2) is 11.0. The standard InChI is InChI=1S/C17H23N5O.C2H6/c1-12(18)20-9-3-8-19-10-14-4-6-15(7-5-14)16-11-21-13(2)22-17(16)23;1-2/h4-7,11,19-20H,1,3,8-10,18H2,2H3,(H,21,22,23);1-2H3. The van der Waals surface area contributed by atoms with Gasteiger partial charge in [0.25, 0.3) is 5.56 Å². The minimum atomic E-state index is -0.114. The van der Waals surface area contributed by atoms with Gasteiger partial charge in [0, 0.05) is 19.3 Å². The lowest BCUT2D eigenvalue weighted by Gasteiger charge is -2.07. The first-order chi connectivity index (χ1) is 12.1. The molecule has 0 fully saturated rings. The second-order valence-corrected chi connectivity index (χ2v) is 5.39. The lowest BCUT2D eigenvalue weighted by atomic mass is 10.1. The first-order valence-electron chi connectivity index (χ1n) is 8.60. The molecule has 2 rings (SSSR count). The van der Waals surface area contributed by atoms with E-state index in [1.165, 1.54) is 5.56 Å². The number of aryl methyl sites for hydroxylation is 1. The van der Waals surface area contributed by atoms with E-state index < -0.39 is 0 Å². The maximum absolute atomic E-state index is 11.9. The van der Waals surface area contributed by atoms with Crippen LogP contribution >= 0.6 is 0 Å². The van der Waals surface area contributed by atoms with E-state index in [1.807, 2.05) is 38.1 Å². The lowest BCUT2D eigenvalue weighted by Crippen LogP contribution is -2.24. The largest absolute Gasteiger partial charge is 0.386 e. The number of hydrogen-bond acceptors (Lipinski definition) is 5. The molecule has 0 spiro atoms. The molecule has 0 saturated carbocycles. The molecule has 6 heteroatoms. The average molecular weight is 343 g/mol. The zero-order valence-electron chi connectivity index (χ0n) is 15.4. The van der Waals surface area contributed by atoms with Crippen molar-refractivity contribution in [3.05, 3.63) is 64.6 Å². The number of hydrogen-bond donors (Lipinski definition) is 4. The van der Waals surface area contributed by atoms with E-state index in [2.05, 4.69) is 27.2 Å². The summed E-state index contributed by atoms with van der Waals surface area (Å²) in [4.78, 5) is 18.8. The van der Waals surface area contributed by atoms with Gasteiger partial charge in [0.05, 0.1) is 11.4 Å². The van der Waals surface area contributed by atoms with Crippen molar-refractivity contribution in [2.24, 2.45) is 5.73 Å². The number of nitrogens with two attached hydrogens (primary N) is 1. The molecule has 6 nitrogen and oxygen atoms in total. The third-order valence-electron chi connectivity index (χ3n) is 3.40. The Balaban J connectivity index is 0.00000151. The van der Waals surface area contributed by atoms with Gasteiger partial charge in [0.1, 0.15) is 5.82 Å². The van der Waals surface area contributed by atoms with E-state index in [9.17, 15) is 4.79 Å². The fourth-order valence-corrected chi connectivity index (χ4v) is 2.19. The Bertz CT molecular complexity index is 706. The van der Waals surface area contributed by atoms with E-state index in [-0.39, 0.29) is 5.56 Å². The smallest absolute Gasteiger partial charge is 0.258 e. The monoisotopic (exact) mass is 343 g/mol. The van der Waals surface area contributed by atoms with Crippen molar-refractivity contribution >= 4 is 0 Å². The lowest BCUT2D eigenvalue weighted by molar-refractivity contribution is 0.625. The van der Waals surface area contributed by atoms with E-state index in [1.54, 1.807) is 13.1 Å². The summed E-state index contributed by atoms with van der Waals surface area (Å²) in [7, 11) is 0. The molecule has 0 aliphatic heterocycles. The minimum absolute atomic E-state index is 0.114. The predicted molar refractivity (Wildman–Crippen MR) is 104 cm³/mol. The summed E-state index contributed by atoms with van der Waals surface area (Å²) in [5, 5.41) is 6.35. The van der Waals surface area contributed by atoms with Crippen molar-refractivity contribution in [2.45, 2.75) is 33.7 Å². The zero-order chi connectivity index (χ0) is 18.7. The summed E-state index contributed by atoms with van der Waals surface area (Å²) in [6.07, 6.45) is 2.58. The van der Waals surface area contributed by atoms with Crippen LogP contribution < -0.4 is 21.9 Å². The molecule has 0 saturated heterocycles. The number of nitrogens with zero attached hydrogens (tertiary/aromatic N) is 1. The predicted octanol–water partition coefficient (Wildman–Crippen LogP) is 2.27. The van der Waals surface area contributed by atoms with Gasteiger partial charge in [-0.3, -0.25) is 4.79 Å². The molecule has 0 radical (unpaired) electrons. The summed E-state index contributed by atoms with van der Waals surface area (Å²) in [5.41, 5.74) is 7.93. The number of rotatable bonds is 8. The Kier molecular flexibility index (Phi) is 9.03. The zero-order valence-corrected chi connectivity index (χ0v) is 15.4. The summed E-state index contributed by atoms with van der Waals surface area (Å²) in [6.45, 7) is 11.8. The summed E-state index contributed by atoms with van der Waals surface area (Å²) < 4.78 is 0. The van der Waals surface area contributed by atoms with Crippen LogP contribution in [0.1, 0.15) is 31.7 Å². The van der Waals surface area contributed by atoms with Gasteiger partial charge < -0.3 is 21.4 Å². The highest BCUT2D eigenvalue weighted by Crippen LogP contribution is 2.15. The van der Waals surface area contributed by atoms with Crippen LogP contribution in [0.25, 0.3) is 11.1 Å². The molecule has 25 heavy (non-hydrogen) atoms. The third-order valence-corrected chi connectivity index (χ3v) is 3.40. The fraction of sp³-hybridized carbons (Fsp3) is 0.368. The SMILES string of the molecule is C=C(N)NCCCNCc1ccc(-c2cnc(C)[nH]c2=O)cc1.CC. The van der Waals surface area contributed by atoms with Crippen molar-refractivity contribution in [1.29, 1.82) is 0 Å². The Labute approximate surface area is 149 Å². The minimum Gasteiger partial charge on any atom is -0.386 e. The molecule has 0 unspecified atom stereocenters. The Morgan fingerprint density at radius 1 is 1.24 bits per heavy atom. The Morgan fingerprint density at radius 3 is 2.52 bits per heavy atom. The van der Waals surface area contributed by atoms with Gasteiger partial charge in [-0.25, -0.2) is 4.98 Å². The summed E-state index contributed by atoms with van der Waals surface area (Å²) in [6, 6.07) is 7.92. The molecule has 1 heterocycles. The molecule has 1 aromatic heterocycles.